The standard InChI is InChI=1S/C24H19NO4S2/c1-27-20-11-8-16(21(15-20)28-2)14-22-23(26)25(24(30)31-22)17-9-12-19(13-10-17)29-18-6-4-3-5-7-18/h3-15H,1-2H3. The molecule has 3 aromatic rings. The summed E-state index contributed by atoms with van der Waals surface area (Å²) < 4.78 is 16.9. The zero-order valence-corrected chi connectivity index (χ0v) is 18.5. The first-order valence-corrected chi connectivity index (χ1v) is 10.6. The van der Waals surface area contributed by atoms with E-state index in [0.717, 1.165) is 11.3 Å². The lowest BCUT2D eigenvalue weighted by atomic mass is 10.1. The van der Waals surface area contributed by atoms with Crippen LogP contribution in [0.5, 0.6) is 23.0 Å². The van der Waals surface area contributed by atoms with E-state index in [1.165, 1.54) is 16.7 Å². The summed E-state index contributed by atoms with van der Waals surface area (Å²) >= 11 is 6.73. The predicted octanol–water partition coefficient (Wildman–Crippen LogP) is 5.90. The van der Waals surface area contributed by atoms with Crippen LogP contribution < -0.4 is 19.1 Å². The van der Waals surface area contributed by atoms with Crippen LogP contribution in [-0.4, -0.2) is 24.4 Å². The molecule has 1 saturated heterocycles. The number of amides is 1. The molecule has 31 heavy (non-hydrogen) atoms. The second kappa shape index (κ2) is 9.24. The summed E-state index contributed by atoms with van der Waals surface area (Å²) in [4.78, 5) is 15.1. The molecule has 0 aliphatic carbocycles. The third-order valence-corrected chi connectivity index (χ3v) is 5.90. The van der Waals surface area contributed by atoms with E-state index in [-0.39, 0.29) is 5.91 Å². The number of thioether (sulfide) groups is 1. The van der Waals surface area contributed by atoms with E-state index in [2.05, 4.69) is 0 Å². The lowest BCUT2D eigenvalue weighted by Gasteiger charge is -2.15. The van der Waals surface area contributed by atoms with Crippen molar-refractivity contribution in [2.45, 2.75) is 0 Å². The Kier molecular flexibility index (Phi) is 6.25. The number of thiocarbonyl (C=S) groups is 1. The number of hydrogen-bond acceptors (Lipinski definition) is 6. The summed E-state index contributed by atoms with van der Waals surface area (Å²) in [5.74, 6) is 2.55. The Morgan fingerprint density at radius 2 is 1.55 bits per heavy atom. The number of hydrogen-bond donors (Lipinski definition) is 0. The van der Waals surface area contributed by atoms with E-state index in [4.69, 9.17) is 26.4 Å². The minimum absolute atomic E-state index is 0.176. The molecule has 1 aliphatic heterocycles. The topological polar surface area (TPSA) is 48.0 Å². The molecule has 1 amide bonds. The van der Waals surface area contributed by atoms with Crippen molar-refractivity contribution in [3.8, 4) is 23.0 Å². The van der Waals surface area contributed by atoms with Crippen LogP contribution in [-0.2, 0) is 4.79 Å². The van der Waals surface area contributed by atoms with Gasteiger partial charge in [0.05, 0.1) is 24.8 Å². The Morgan fingerprint density at radius 1 is 0.871 bits per heavy atom. The van der Waals surface area contributed by atoms with E-state index < -0.39 is 0 Å². The van der Waals surface area contributed by atoms with Gasteiger partial charge in [-0.2, -0.15) is 0 Å². The van der Waals surface area contributed by atoms with Crippen LogP contribution in [0.1, 0.15) is 5.56 Å². The molecule has 5 nitrogen and oxygen atoms in total. The second-order valence-corrected chi connectivity index (χ2v) is 8.21. The fraction of sp³-hybridized carbons (Fsp3) is 0.0833. The van der Waals surface area contributed by atoms with Crippen molar-refractivity contribution in [3.63, 3.8) is 0 Å². The second-order valence-electron chi connectivity index (χ2n) is 6.53. The first kappa shape index (κ1) is 21.0. The van der Waals surface area contributed by atoms with Crippen LogP contribution in [0.15, 0.2) is 77.7 Å². The van der Waals surface area contributed by atoms with Gasteiger partial charge in [-0.25, -0.2) is 0 Å². The van der Waals surface area contributed by atoms with Crippen molar-refractivity contribution in [3.05, 3.63) is 83.3 Å². The Morgan fingerprint density at radius 3 is 2.23 bits per heavy atom. The molecule has 1 fully saturated rings. The van der Waals surface area contributed by atoms with E-state index in [0.29, 0.717) is 32.2 Å². The monoisotopic (exact) mass is 449 g/mol. The van der Waals surface area contributed by atoms with Gasteiger partial charge in [0, 0.05) is 11.6 Å². The summed E-state index contributed by atoms with van der Waals surface area (Å²) in [6.07, 6.45) is 1.78. The number of methoxy groups -OCH3 is 2. The normalized spacial score (nSPS) is 14.8. The molecule has 0 atom stereocenters. The van der Waals surface area contributed by atoms with Gasteiger partial charge in [0.1, 0.15) is 23.0 Å². The van der Waals surface area contributed by atoms with Crippen molar-refractivity contribution < 1.29 is 19.0 Å². The van der Waals surface area contributed by atoms with Crippen LogP contribution in [0.3, 0.4) is 0 Å². The van der Waals surface area contributed by atoms with Gasteiger partial charge >= 0.3 is 0 Å². The maximum absolute atomic E-state index is 13.1. The van der Waals surface area contributed by atoms with Crippen molar-refractivity contribution in [2.24, 2.45) is 0 Å². The van der Waals surface area contributed by atoms with E-state index >= 15 is 0 Å². The predicted molar refractivity (Wildman–Crippen MR) is 128 cm³/mol. The van der Waals surface area contributed by atoms with Gasteiger partial charge in [-0.05, 0) is 54.6 Å². The molecule has 0 N–H and O–H groups in total. The molecule has 0 unspecified atom stereocenters. The van der Waals surface area contributed by atoms with Crippen molar-refractivity contribution in [1.29, 1.82) is 0 Å². The molecule has 1 aliphatic rings. The molecule has 0 radical (unpaired) electrons. The van der Waals surface area contributed by atoms with Gasteiger partial charge < -0.3 is 14.2 Å². The lowest BCUT2D eigenvalue weighted by molar-refractivity contribution is -0.113. The fourth-order valence-electron chi connectivity index (χ4n) is 3.06. The Hall–Kier alpha value is -3.29. The molecular weight excluding hydrogens is 430 g/mol. The molecule has 0 spiro atoms. The van der Waals surface area contributed by atoms with Crippen LogP contribution >= 0.6 is 24.0 Å². The summed E-state index contributed by atoms with van der Waals surface area (Å²) in [5.41, 5.74) is 1.46. The van der Waals surface area contributed by atoms with E-state index in [1.54, 1.807) is 26.4 Å². The van der Waals surface area contributed by atoms with Crippen molar-refractivity contribution in [1.82, 2.24) is 0 Å². The average molecular weight is 450 g/mol. The minimum Gasteiger partial charge on any atom is -0.497 e. The van der Waals surface area contributed by atoms with Gasteiger partial charge in [-0.1, -0.05) is 42.2 Å². The minimum atomic E-state index is -0.176. The number of nitrogens with zero attached hydrogens (tertiary/aromatic N) is 1. The number of carbonyl (C=O) groups excluding carboxylic acids is 1. The molecule has 3 aromatic carbocycles. The van der Waals surface area contributed by atoms with Gasteiger partial charge in [-0.3, -0.25) is 9.69 Å². The quantitative estimate of drug-likeness (QED) is 0.345. The van der Waals surface area contributed by atoms with E-state index in [1.807, 2.05) is 66.7 Å². The summed E-state index contributed by atoms with van der Waals surface area (Å²) in [5, 5.41) is 0. The van der Waals surface area contributed by atoms with Crippen LogP contribution in [0, 0.1) is 0 Å². The first-order valence-electron chi connectivity index (χ1n) is 9.42. The zero-order valence-electron chi connectivity index (χ0n) is 16.9. The Bertz CT molecular complexity index is 1140. The van der Waals surface area contributed by atoms with Gasteiger partial charge in [-0.15, -0.1) is 0 Å². The van der Waals surface area contributed by atoms with Crippen LogP contribution in [0.25, 0.3) is 6.08 Å². The van der Waals surface area contributed by atoms with E-state index in [9.17, 15) is 4.79 Å². The molecule has 0 bridgehead atoms. The lowest BCUT2D eigenvalue weighted by Crippen LogP contribution is -2.27. The number of para-hydroxylation sites is 1. The highest BCUT2D eigenvalue weighted by Gasteiger charge is 2.33. The van der Waals surface area contributed by atoms with Crippen molar-refractivity contribution in [2.75, 3.05) is 19.1 Å². The summed E-state index contributed by atoms with van der Waals surface area (Å²) in [6.45, 7) is 0. The highest BCUT2D eigenvalue weighted by molar-refractivity contribution is 8.27. The SMILES string of the molecule is COc1ccc(C=C2SC(=S)N(c3ccc(Oc4ccccc4)cc3)C2=O)c(OC)c1. The molecule has 1 heterocycles. The maximum Gasteiger partial charge on any atom is 0.270 e. The third-order valence-electron chi connectivity index (χ3n) is 4.59. The third kappa shape index (κ3) is 4.57. The van der Waals surface area contributed by atoms with Crippen LogP contribution in [0.4, 0.5) is 5.69 Å². The Labute approximate surface area is 190 Å². The molecular formula is C24H19NO4S2. The average Bonchev–Trinajstić information content (AvgIpc) is 3.08. The van der Waals surface area contributed by atoms with Crippen LogP contribution in [0.2, 0.25) is 0 Å². The number of ether oxygens (including phenoxy) is 3. The van der Waals surface area contributed by atoms with Crippen molar-refractivity contribution >= 4 is 46.0 Å². The molecule has 156 valence electrons. The van der Waals surface area contributed by atoms with Gasteiger partial charge in [0.2, 0.25) is 0 Å². The van der Waals surface area contributed by atoms with Gasteiger partial charge in [0.15, 0.2) is 4.32 Å². The highest BCUT2D eigenvalue weighted by Crippen LogP contribution is 2.38. The van der Waals surface area contributed by atoms with Gasteiger partial charge in [0.25, 0.3) is 5.91 Å². The first-order chi connectivity index (χ1) is 15.1. The smallest absolute Gasteiger partial charge is 0.270 e. The highest BCUT2D eigenvalue weighted by atomic mass is 32.2. The summed E-state index contributed by atoms with van der Waals surface area (Å²) in [7, 11) is 3.17. The maximum atomic E-state index is 13.1. The summed E-state index contributed by atoms with van der Waals surface area (Å²) in [6, 6.07) is 22.2. The molecule has 7 heteroatoms. The molecule has 4 rings (SSSR count). The fourth-order valence-corrected chi connectivity index (χ4v) is 4.35. The molecule has 0 saturated carbocycles. The largest absolute Gasteiger partial charge is 0.497 e. The number of carbonyl (C=O) groups is 1. The number of rotatable bonds is 6. The Balaban J connectivity index is 1.55. The zero-order chi connectivity index (χ0) is 21.8. The number of benzene rings is 3. The number of anilines is 1. The molecule has 0 aromatic heterocycles.